The fraction of sp³-hybridized carbons (Fsp3) is 0.100. The summed E-state index contributed by atoms with van der Waals surface area (Å²) in [6.07, 6.45) is 1.80. The quantitative estimate of drug-likeness (QED) is 0.750. The minimum atomic E-state index is 0.126. The summed E-state index contributed by atoms with van der Waals surface area (Å²) in [6, 6.07) is 19.2. The maximum absolute atomic E-state index is 8.90. The van der Waals surface area contributed by atoms with Crippen LogP contribution in [0.5, 0.6) is 5.75 Å². The van der Waals surface area contributed by atoms with Gasteiger partial charge in [0.05, 0.1) is 0 Å². The highest BCUT2D eigenvalue weighted by molar-refractivity contribution is 5.73. The minimum Gasteiger partial charge on any atom is -0.489 e. The van der Waals surface area contributed by atoms with Crippen LogP contribution in [-0.4, -0.2) is 0 Å². The van der Waals surface area contributed by atoms with Crippen molar-refractivity contribution in [2.75, 3.05) is 0 Å². The molecule has 0 saturated heterocycles. The molecule has 3 heteroatoms. The van der Waals surface area contributed by atoms with Crippen LogP contribution >= 0.6 is 0 Å². The number of hydrogen-bond acceptors (Lipinski definition) is 3. The molecular formula is C20H16N2O. The van der Waals surface area contributed by atoms with Crippen molar-refractivity contribution in [3.63, 3.8) is 0 Å². The van der Waals surface area contributed by atoms with E-state index in [1.807, 2.05) is 60.7 Å². The zero-order valence-electron chi connectivity index (χ0n) is 12.9. The SMILES string of the molecule is C=Cc1ccc(COc2ccc(C(C)=C(C#N)C#N)cc2)cc1. The molecule has 0 atom stereocenters. The summed E-state index contributed by atoms with van der Waals surface area (Å²) in [5, 5.41) is 17.8. The molecule has 0 saturated carbocycles. The number of nitriles is 2. The number of hydrogen-bond donors (Lipinski definition) is 0. The third kappa shape index (κ3) is 4.09. The predicted molar refractivity (Wildman–Crippen MR) is 91.1 cm³/mol. The Bertz CT molecular complexity index is 785. The van der Waals surface area contributed by atoms with Gasteiger partial charge in [-0.05, 0) is 41.3 Å². The summed E-state index contributed by atoms with van der Waals surface area (Å²) in [5.74, 6) is 0.741. The molecule has 2 rings (SSSR count). The van der Waals surface area contributed by atoms with Crippen LogP contribution in [-0.2, 0) is 6.61 Å². The van der Waals surface area contributed by atoms with Crippen molar-refractivity contribution in [1.82, 2.24) is 0 Å². The van der Waals surface area contributed by atoms with E-state index < -0.39 is 0 Å². The average Bonchev–Trinajstić information content (AvgIpc) is 2.61. The first-order valence-corrected chi connectivity index (χ1v) is 7.13. The molecule has 0 aliphatic carbocycles. The summed E-state index contributed by atoms with van der Waals surface area (Å²) in [5.41, 5.74) is 3.78. The first-order valence-electron chi connectivity index (χ1n) is 7.13. The standard InChI is InChI=1S/C20H16N2O/c1-3-16-4-6-17(7-5-16)14-23-20-10-8-18(9-11-20)15(2)19(12-21)13-22/h3-11H,1,14H2,2H3. The van der Waals surface area contributed by atoms with E-state index in [1.54, 1.807) is 13.0 Å². The topological polar surface area (TPSA) is 56.8 Å². The number of ether oxygens (including phenoxy) is 1. The van der Waals surface area contributed by atoms with Gasteiger partial charge in [0, 0.05) is 0 Å². The summed E-state index contributed by atoms with van der Waals surface area (Å²) in [4.78, 5) is 0. The van der Waals surface area contributed by atoms with E-state index in [9.17, 15) is 0 Å². The van der Waals surface area contributed by atoms with Gasteiger partial charge in [-0.1, -0.05) is 49.1 Å². The maximum atomic E-state index is 8.90. The van der Waals surface area contributed by atoms with Crippen LogP contribution in [0.4, 0.5) is 0 Å². The van der Waals surface area contributed by atoms with Crippen molar-refractivity contribution in [2.45, 2.75) is 13.5 Å². The lowest BCUT2D eigenvalue weighted by Gasteiger charge is -2.08. The van der Waals surface area contributed by atoms with Crippen molar-refractivity contribution >= 4 is 11.6 Å². The Kier molecular flexibility index (Phi) is 5.34. The van der Waals surface area contributed by atoms with E-state index in [4.69, 9.17) is 15.3 Å². The average molecular weight is 300 g/mol. The number of nitrogens with zero attached hydrogens (tertiary/aromatic N) is 2. The maximum Gasteiger partial charge on any atom is 0.133 e. The van der Waals surface area contributed by atoms with Crippen LogP contribution < -0.4 is 4.74 Å². The Labute approximate surface area is 136 Å². The van der Waals surface area contributed by atoms with Crippen LogP contribution in [0.3, 0.4) is 0 Å². The van der Waals surface area contributed by atoms with Crippen molar-refractivity contribution in [3.05, 3.63) is 77.4 Å². The van der Waals surface area contributed by atoms with Gasteiger partial charge in [-0.2, -0.15) is 10.5 Å². The molecule has 0 fully saturated rings. The molecule has 0 heterocycles. The Morgan fingerprint density at radius 3 is 2.17 bits per heavy atom. The number of allylic oxidation sites excluding steroid dienone is 2. The zero-order chi connectivity index (χ0) is 16.7. The zero-order valence-corrected chi connectivity index (χ0v) is 12.9. The fourth-order valence-electron chi connectivity index (χ4n) is 2.05. The Morgan fingerprint density at radius 2 is 1.65 bits per heavy atom. The van der Waals surface area contributed by atoms with E-state index in [-0.39, 0.29) is 5.57 Å². The van der Waals surface area contributed by atoms with Crippen LogP contribution in [0.15, 0.2) is 60.7 Å². The summed E-state index contributed by atoms with van der Waals surface area (Å²) in [7, 11) is 0. The first-order chi connectivity index (χ1) is 11.2. The molecule has 0 bridgehead atoms. The molecule has 0 unspecified atom stereocenters. The third-order valence-electron chi connectivity index (χ3n) is 3.51. The summed E-state index contributed by atoms with van der Waals surface area (Å²) >= 11 is 0. The van der Waals surface area contributed by atoms with Crippen LogP contribution in [0.2, 0.25) is 0 Å². The largest absolute Gasteiger partial charge is 0.489 e. The highest BCUT2D eigenvalue weighted by Gasteiger charge is 2.04. The molecule has 0 radical (unpaired) electrons. The Hall–Kier alpha value is -3.30. The third-order valence-corrected chi connectivity index (χ3v) is 3.51. The lowest BCUT2D eigenvalue weighted by atomic mass is 10.0. The molecule has 0 N–H and O–H groups in total. The van der Waals surface area contributed by atoms with Gasteiger partial charge in [0.25, 0.3) is 0 Å². The molecule has 2 aromatic rings. The number of rotatable bonds is 5. The van der Waals surface area contributed by atoms with Gasteiger partial charge >= 0.3 is 0 Å². The van der Waals surface area contributed by atoms with Crippen molar-refractivity contribution in [3.8, 4) is 17.9 Å². The molecule has 23 heavy (non-hydrogen) atoms. The fourth-order valence-corrected chi connectivity index (χ4v) is 2.05. The monoisotopic (exact) mass is 300 g/mol. The molecule has 0 spiro atoms. The van der Waals surface area contributed by atoms with E-state index >= 15 is 0 Å². The molecule has 3 nitrogen and oxygen atoms in total. The highest BCUT2D eigenvalue weighted by Crippen LogP contribution is 2.21. The number of benzene rings is 2. The van der Waals surface area contributed by atoms with Crippen LogP contribution in [0, 0.1) is 22.7 Å². The van der Waals surface area contributed by atoms with Gasteiger partial charge in [-0.15, -0.1) is 0 Å². The van der Waals surface area contributed by atoms with Crippen molar-refractivity contribution in [2.24, 2.45) is 0 Å². The second kappa shape index (κ2) is 7.64. The predicted octanol–water partition coefficient (Wildman–Crippen LogP) is 4.73. The van der Waals surface area contributed by atoms with Crippen LogP contribution in [0.1, 0.15) is 23.6 Å². The van der Waals surface area contributed by atoms with E-state index in [1.165, 1.54) is 0 Å². The van der Waals surface area contributed by atoms with Gasteiger partial charge in [0.15, 0.2) is 0 Å². The van der Waals surface area contributed by atoms with Gasteiger partial charge in [-0.3, -0.25) is 0 Å². The van der Waals surface area contributed by atoms with Gasteiger partial charge in [0.2, 0.25) is 0 Å². The molecule has 0 amide bonds. The summed E-state index contributed by atoms with van der Waals surface area (Å²) in [6.45, 7) is 5.97. The molecule has 0 aliphatic heterocycles. The second-order valence-corrected chi connectivity index (χ2v) is 4.98. The van der Waals surface area contributed by atoms with Gasteiger partial charge in [-0.25, -0.2) is 0 Å². The Morgan fingerprint density at radius 1 is 1.04 bits per heavy atom. The Balaban J connectivity index is 2.06. The normalized spacial score (nSPS) is 9.35. The van der Waals surface area contributed by atoms with E-state index in [2.05, 4.69) is 6.58 Å². The van der Waals surface area contributed by atoms with Gasteiger partial charge in [0.1, 0.15) is 30.1 Å². The summed E-state index contributed by atoms with van der Waals surface area (Å²) < 4.78 is 5.74. The van der Waals surface area contributed by atoms with Crippen molar-refractivity contribution in [1.29, 1.82) is 10.5 Å². The second-order valence-electron chi connectivity index (χ2n) is 4.98. The molecule has 112 valence electrons. The molecule has 0 aromatic heterocycles. The van der Waals surface area contributed by atoms with E-state index in [0.29, 0.717) is 12.2 Å². The molecular weight excluding hydrogens is 284 g/mol. The molecule has 0 aliphatic rings. The minimum absolute atomic E-state index is 0.126. The first kappa shape index (κ1) is 16.1. The smallest absolute Gasteiger partial charge is 0.133 e. The van der Waals surface area contributed by atoms with Gasteiger partial charge < -0.3 is 4.74 Å². The highest BCUT2D eigenvalue weighted by atomic mass is 16.5. The van der Waals surface area contributed by atoms with Crippen LogP contribution in [0.25, 0.3) is 11.6 Å². The lowest BCUT2D eigenvalue weighted by molar-refractivity contribution is 0.306. The lowest BCUT2D eigenvalue weighted by Crippen LogP contribution is -1.95. The van der Waals surface area contributed by atoms with Crippen molar-refractivity contribution < 1.29 is 4.74 Å². The van der Waals surface area contributed by atoms with E-state index in [0.717, 1.165) is 22.4 Å². The molecule has 2 aromatic carbocycles.